The average Bonchev–Trinajstić information content (AvgIpc) is 3.25. The van der Waals surface area contributed by atoms with Crippen molar-refractivity contribution < 1.29 is 9.59 Å². The van der Waals surface area contributed by atoms with Crippen LogP contribution in [0.4, 0.5) is 0 Å². The summed E-state index contributed by atoms with van der Waals surface area (Å²) in [5.74, 6) is 0.954. The van der Waals surface area contributed by atoms with E-state index in [0.29, 0.717) is 19.5 Å². The molecule has 2 aliphatic rings. The van der Waals surface area contributed by atoms with E-state index in [1.54, 1.807) is 23.8 Å². The van der Waals surface area contributed by atoms with Gasteiger partial charge in [-0.3, -0.25) is 15.0 Å². The Hall–Kier alpha value is -2.45. The number of rotatable bonds is 3. The Morgan fingerprint density at radius 2 is 2.04 bits per heavy atom. The highest BCUT2D eigenvalue weighted by Crippen LogP contribution is 2.19. The maximum atomic E-state index is 12.9. The zero-order valence-corrected chi connectivity index (χ0v) is 16.0. The van der Waals surface area contributed by atoms with E-state index < -0.39 is 6.04 Å². The van der Waals surface area contributed by atoms with Crippen LogP contribution in [0.5, 0.6) is 0 Å². The van der Waals surface area contributed by atoms with Gasteiger partial charge in [0, 0.05) is 32.7 Å². The summed E-state index contributed by atoms with van der Waals surface area (Å²) in [6, 6.07) is 7.48. The van der Waals surface area contributed by atoms with Gasteiger partial charge in [-0.15, -0.1) is 0 Å². The number of benzene rings is 1. The number of aryl methyl sites for hydroxylation is 1. The standard InChI is InChI=1S/C19H26N6O2/c1-12-18(26)23(3)8-9-24(12)19(27)16-10-14(21-22-16)11-25-13(2)20-15-6-4-5-7-17(15)25/h4-7,12,14,16,21-22H,8-11H2,1-3H3/t12-,14?,16?/m0/s1. The molecule has 0 bridgehead atoms. The number of carbonyl (C=O) groups excluding carboxylic acids is 2. The minimum absolute atomic E-state index is 0.00221. The lowest BCUT2D eigenvalue weighted by atomic mass is 10.1. The number of para-hydroxylation sites is 2. The van der Waals surface area contributed by atoms with E-state index in [1.165, 1.54) is 0 Å². The number of nitrogens with one attached hydrogen (secondary N) is 2. The Balaban J connectivity index is 1.43. The smallest absolute Gasteiger partial charge is 0.244 e. The molecule has 3 heterocycles. The van der Waals surface area contributed by atoms with Crippen LogP contribution in [0, 0.1) is 6.92 Å². The van der Waals surface area contributed by atoms with Gasteiger partial charge in [-0.1, -0.05) is 12.1 Å². The predicted octanol–water partition coefficient (Wildman–Crippen LogP) is 0.269. The number of hydrazine groups is 1. The van der Waals surface area contributed by atoms with E-state index in [9.17, 15) is 9.59 Å². The summed E-state index contributed by atoms with van der Waals surface area (Å²) < 4.78 is 2.18. The maximum absolute atomic E-state index is 12.9. The van der Waals surface area contributed by atoms with E-state index in [-0.39, 0.29) is 23.9 Å². The first-order valence-corrected chi connectivity index (χ1v) is 9.44. The van der Waals surface area contributed by atoms with Gasteiger partial charge in [-0.05, 0) is 32.4 Å². The highest BCUT2D eigenvalue weighted by atomic mass is 16.2. The van der Waals surface area contributed by atoms with E-state index >= 15 is 0 Å². The molecule has 0 spiro atoms. The fourth-order valence-electron chi connectivity index (χ4n) is 4.07. The number of likely N-dealkylation sites (N-methyl/N-ethyl adjacent to an activating group) is 1. The molecule has 2 unspecified atom stereocenters. The number of hydrogen-bond donors (Lipinski definition) is 2. The third-order valence-electron chi connectivity index (χ3n) is 5.69. The molecule has 8 heteroatoms. The van der Waals surface area contributed by atoms with Gasteiger partial charge in [-0.25, -0.2) is 10.4 Å². The van der Waals surface area contributed by atoms with Gasteiger partial charge in [-0.2, -0.15) is 0 Å². The SMILES string of the molecule is Cc1nc2ccccc2n1CC1CC(C(=O)N2CCN(C)C(=O)[C@@H]2C)NN1. The largest absolute Gasteiger partial charge is 0.342 e. The molecule has 2 saturated heterocycles. The second-order valence-electron chi connectivity index (χ2n) is 7.50. The van der Waals surface area contributed by atoms with Crippen molar-refractivity contribution in [1.29, 1.82) is 0 Å². The Kier molecular flexibility index (Phi) is 4.61. The van der Waals surface area contributed by atoms with Crippen molar-refractivity contribution in [3.8, 4) is 0 Å². The van der Waals surface area contributed by atoms with Gasteiger partial charge < -0.3 is 14.4 Å². The normalized spacial score (nSPS) is 26.2. The zero-order valence-electron chi connectivity index (χ0n) is 16.0. The molecule has 1 aromatic carbocycles. The number of carbonyl (C=O) groups is 2. The van der Waals surface area contributed by atoms with Crippen molar-refractivity contribution >= 4 is 22.8 Å². The van der Waals surface area contributed by atoms with Crippen LogP contribution in [0.3, 0.4) is 0 Å². The fraction of sp³-hybridized carbons (Fsp3) is 0.526. The highest BCUT2D eigenvalue weighted by molar-refractivity contribution is 5.90. The first-order valence-electron chi connectivity index (χ1n) is 9.44. The molecule has 0 saturated carbocycles. The van der Waals surface area contributed by atoms with Crippen LogP contribution in [0.2, 0.25) is 0 Å². The van der Waals surface area contributed by atoms with Crippen LogP contribution in [-0.2, 0) is 16.1 Å². The highest BCUT2D eigenvalue weighted by Gasteiger charge is 2.38. The third-order valence-corrected chi connectivity index (χ3v) is 5.69. The summed E-state index contributed by atoms with van der Waals surface area (Å²) in [6.45, 7) is 5.70. The van der Waals surface area contributed by atoms with Gasteiger partial charge >= 0.3 is 0 Å². The van der Waals surface area contributed by atoms with Gasteiger partial charge in [0.15, 0.2) is 0 Å². The molecule has 2 N–H and O–H groups in total. The Morgan fingerprint density at radius 1 is 1.26 bits per heavy atom. The van der Waals surface area contributed by atoms with Crippen molar-refractivity contribution in [2.45, 2.75) is 44.9 Å². The number of aromatic nitrogens is 2. The van der Waals surface area contributed by atoms with E-state index in [0.717, 1.165) is 23.4 Å². The first-order chi connectivity index (χ1) is 13.0. The quantitative estimate of drug-likeness (QED) is 0.810. The number of imidazole rings is 1. The molecule has 2 fully saturated rings. The summed E-state index contributed by atoms with van der Waals surface area (Å²) >= 11 is 0. The predicted molar refractivity (Wildman–Crippen MR) is 102 cm³/mol. The lowest BCUT2D eigenvalue weighted by Gasteiger charge is -2.38. The topological polar surface area (TPSA) is 82.5 Å². The Bertz CT molecular complexity index is 878. The third kappa shape index (κ3) is 3.19. The van der Waals surface area contributed by atoms with Crippen molar-refractivity contribution in [3.05, 3.63) is 30.1 Å². The number of fused-ring (bicyclic) bond motifs is 1. The van der Waals surface area contributed by atoms with Crippen LogP contribution in [0.15, 0.2) is 24.3 Å². The average molecular weight is 370 g/mol. The van der Waals surface area contributed by atoms with Gasteiger partial charge in [0.1, 0.15) is 17.9 Å². The Morgan fingerprint density at radius 3 is 2.85 bits per heavy atom. The van der Waals surface area contributed by atoms with Crippen molar-refractivity contribution in [2.24, 2.45) is 0 Å². The second-order valence-corrected chi connectivity index (χ2v) is 7.50. The van der Waals surface area contributed by atoms with E-state index in [2.05, 4.69) is 26.5 Å². The summed E-state index contributed by atoms with van der Waals surface area (Å²) in [5, 5.41) is 0. The van der Waals surface area contributed by atoms with Crippen LogP contribution < -0.4 is 10.9 Å². The van der Waals surface area contributed by atoms with Crippen LogP contribution in [-0.4, -0.2) is 69.4 Å². The van der Waals surface area contributed by atoms with Gasteiger partial charge in [0.05, 0.1) is 11.0 Å². The molecule has 27 heavy (non-hydrogen) atoms. The molecule has 1 aromatic heterocycles. The van der Waals surface area contributed by atoms with Crippen LogP contribution in [0.1, 0.15) is 19.2 Å². The van der Waals surface area contributed by atoms with Crippen LogP contribution in [0.25, 0.3) is 11.0 Å². The lowest BCUT2D eigenvalue weighted by molar-refractivity contribution is -0.150. The van der Waals surface area contributed by atoms with Crippen molar-refractivity contribution in [3.63, 3.8) is 0 Å². The van der Waals surface area contributed by atoms with E-state index in [4.69, 9.17) is 0 Å². The van der Waals surface area contributed by atoms with Crippen molar-refractivity contribution in [1.82, 2.24) is 30.2 Å². The minimum Gasteiger partial charge on any atom is -0.342 e. The summed E-state index contributed by atoms with van der Waals surface area (Å²) in [7, 11) is 1.78. The first kappa shape index (κ1) is 17.9. The number of hydrogen-bond acceptors (Lipinski definition) is 5. The summed E-state index contributed by atoms with van der Waals surface area (Å²) in [5.41, 5.74) is 8.47. The van der Waals surface area contributed by atoms with Gasteiger partial charge in [0.25, 0.3) is 0 Å². The monoisotopic (exact) mass is 370 g/mol. The molecule has 144 valence electrons. The minimum atomic E-state index is -0.406. The number of amides is 2. The molecule has 3 atom stereocenters. The van der Waals surface area contributed by atoms with E-state index in [1.807, 2.05) is 25.1 Å². The maximum Gasteiger partial charge on any atom is 0.244 e. The van der Waals surface area contributed by atoms with Crippen molar-refractivity contribution in [2.75, 3.05) is 20.1 Å². The molecular formula is C19H26N6O2. The fourth-order valence-corrected chi connectivity index (χ4v) is 4.07. The molecule has 0 radical (unpaired) electrons. The zero-order chi connectivity index (χ0) is 19.1. The summed E-state index contributed by atoms with van der Waals surface area (Å²) in [4.78, 5) is 33.1. The molecule has 2 aromatic rings. The molecule has 2 amide bonds. The molecule has 4 rings (SSSR count). The molecular weight excluding hydrogens is 344 g/mol. The second kappa shape index (κ2) is 6.94. The number of piperazine rings is 1. The Labute approximate surface area is 158 Å². The summed E-state index contributed by atoms with van der Waals surface area (Å²) in [6.07, 6.45) is 0.679. The lowest BCUT2D eigenvalue weighted by Crippen LogP contribution is -2.59. The number of nitrogens with zero attached hydrogens (tertiary/aromatic N) is 4. The molecule has 0 aliphatic carbocycles. The van der Waals surface area contributed by atoms with Gasteiger partial charge in [0.2, 0.25) is 11.8 Å². The molecule has 8 nitrogen and oxygen atoms in total. The molecule has 2 aliphatic heterocycles. The van der Waals surface area contributed by atoms with Crippen LogP contribution >= 0.6 is 0 Å².